The van der Waals surface area contributed by atoms with Gasteiger partial charge in [-0.3, -0.25) is 9.58 Å². The topological polar surface area (TPSA) is 71.4 Å². The van der Waals surface area contributed by atoms with Crippen molar-refractivity contribution in [2.75, 3.05) is 38.7 Å². The Bertz CT molecular complexity index is 448. The van der Waals surface area contributed by atoms with Crippen molar-refractivity contribution in [2.24, 2.45) is 0 Å². The summed E-state index contributed by atoms with van der Waals surface area (Å²) in [7, 11) is 1.65. The van der Waals surface area contributed by atoms with Crippen LogP contribution >= 0.6 is 0 Å². The lowest BCUT2D eigenvalue weighted by molar-refractivity contribution is 0.183. The minimum atomic E-state index is -0.177. The van der Waals surface area contributed by atoms with Crippen LogP contribution < -0.4 is 10.6 Å². The molecule has 7 nitrogen and oxygen atoms in total. The molecule has 7 heteroatoms. The molecule has 0 saturated carbocycles. The highest BCUT2D eigenvalue weighted by atomic mass is 16.5. The molecule has 0 spiro atoms. The number of aromatic nitrogens is 2. The molecule has 1 aliphatic heterocycles. The van der Waals surface area contributed by atoms with Crippen molar-refractivity contribution in [3.63, 3.8) is 0 Å². The summed E-state index contributed by atoms with van der Waals surface area (Å²) in [5.74, 6) is 0. The maximum absolute atomic E-state index is 11.9. The van der Waals surface area contributed by atoms with Gasteiger partial charge in [-0.1, -0.05) is 6.92 Å². The maximum atomic E-state index is 11.9. The molecule has 1 unspecified atom stereocenters. The lowest BCUT2D eigenvalue weighted by Gasteiger charge is -2.22. The lowest BCUT2D eigenvalue weighted by atomic mass is 10.2. The van der Waals surface area contributed by atoms with E-state index in [0.29, 0.717) is 31.4 Å². The van der Waals surface area contributed by atoms with Gasteiger partial charge in [0, 0.05) is 25.9 Å². The van der Waals surface area contributed by atoms with Gasteiger partial charge in [0.2, 0.25) is 0 Å². The minimum Gasteiger partial charge on any atom is -0.383 e. The zero-order valence-corrected chi connectivity index (χ0v) is 12.8. The van der Waals surface area contributed by atoms with E-state index < -0.39 is 0 Å². The summed E-state index contributed by atoms with van der Waals surface area (Å²) in [6, 6.07) is 0.287. The molecule has 2 amide bonds. The van der Waals surface area contributed by atoms with E-state index in [0.717, 1.165) is 19.5 Å². The van der Waals surface area contributed by atoms with Gasteiger partial charge in [-0.2, -0.15) is 5.10 Å². The predicted octanol–water partition coefficient (Wildman–Crippen LogP) is 1.14. The lowest BCUT2D eigenvalue weighted by Crippen LogP contribution is -2.41. The first kappa shape index (κ1) is 15.8. The molecule has 1 aliphatic rings. The van der Waals surface area contributed by atoms with Gasteiger partial charge in [-0.05, 0) is 25.9 Å². The van der Waals surface area contributed by atoms with Crippen LogP contribution in [0.15, 0.2) is 12.4 Å². The van der Waals surface area contributed by atoms with E-state index in [4.69, 9.17) is 4.74 Å². The van der Waals surface area contributed by atoms with Crippen LogP contribution in [-0.2, 0) is 11.3 Å². The van der Waals surface area contributed by atoms with Crippen LogP contribution in [0.5, 0.6) is 0 Å². The first-order valence-corrected chi connectivity index (χ1v) is 7.53. The van der Waals surface area contributed by atoms with Crippen molar-refractivity contribution < 1.29 is 9.53 Å². The van der Waals surface area contributed by atoms with Crippen molar-refractivity contribution >= 4 is 11.7 Å². The molecule has 1 aromatic rings. The normalized spacial score (nSPS) is 18.9. The number of anilines is 1. The third-order valence-electron chi connectivity index (χ3n) is 3.82. The Morgan fingerprint density at radius 3 is 3.19 bits per heavy atom. The quantitative estimate of drug-likeness (QED) is 0.791. The number of rotatable bonds is 7. The van der Waals surface area contributed by atoms with Gasteiger partial charge in [0.05, 0.1) is 25.0 Å². The molecule has 118 valence electrons. The number of hydrogen-bond donors (Lipinski definition) is 2. The second kappa shape index (κ2) is 7.99. The molecule has 0 aliphatic carbocycles. The number of carbonyl (C=O) groups is 1. The molecular weight excluding hydrogens is 270 g/mol. The Hall–Kier alpha value is -1.60. The second-order valence-corrected chi connectivity index (χ2v) is 5.24. The Morgan fingerprint density at radius 2 is 2.43 bits per heavy atom. The third kappa shape index (κ3) is 4.71. The molecule has 0 bridgehead atoms. The number of nitrogens with zero attached hydrogens (tertiary/aromatic N) is 3. The van der Waals surface area contributed by atoms with E-state index >= 15 is 0 Å². The zero-order chi connectivity index (χ0) is 15.1. The van der Waals surface area contributed by atoms with E-state index in [1.54, 1.807) is 24.2 Å². The predicted molar refractivity (Wildman–Crippen MR) is 81.4 cm³/mol. The van der Waals surface area contributed by atoms with Gasteiger partial charge in [0.1, 0.15) is 0 Å². The van der Waals surface area contributed by atoms with Crippen LogP contribution in [0.3, 0.4) is 0 Å². The van der Waals surface area contributed by atoms with E-state index in [2.05, 4.69) is 27.6 Å². The number of hydrogen-bond acceptors (Lipinski definition) is 4. The Balaban J connectivity index is 1.72. The summed E-state index contributed by atoms with van der Waals surface area (Å²) in [6.45, 7) is 6.30. The van der Waals surface area contributed by atoms with Crippen molar-refractivity contribution in [2.45, 2.75) is 32.4 Å². The fourth-order valence-corrected chi connectivity index (χ4v) is 2.66. The van der Waals surface area contributed by atoms with Gasteiger partial charge < -0.3 is 15.4 Å². The zero-order valence-electron chi connectivity index (χ0n) is 12.8. The van der Waals surface area contributed by atoms with Crippen LogP contribution in [-0.4, -0.2) is 60.1 Å². The molecule has 1 aromatic heterocycles. The fourth-order valence-electron chi connectivity index (χ4n) is 2.66. The molecular formula is C14H25N5O2. The number of likely N-dealkylation sites (tertiary alicyclic amines) is 1. The number of urea groups is 1. The SMILES string of the molecule is CCN1CCCC1CNC(=O)Nc1cnn(CCOC)c1. The van der Waals surface area contributed by atoms with Gasteiger partial charge in [-0.15, -0.1) is 0 Å². The van der Waals surface area contributed by atoms with Crippen molar-refractivity contribution in [3.05, 3.63) is 12.4 Å². The van der Waals surface area contributed by atoms with Gasteiger partial charge >= 0.3 is 6.03 Å². The smallest absolute Gasteiger partial charge is 0.319 e. The Kier molecular flexibility index (Phi) is 6.01. The molecule has 2 heterocycles. The van der Waals surface area contributed by atoms with E-state index in [9.17, 15) is 4.79 Å². The van der Waals surface area contributed by atoms with Crippen molar-refractivity contribution in [1.82, 2.24) is 20.0 Å². The average Bonchev–Trinajstić information content (AvgIpc) is 3.11. The van der Waals surface area contributed by atoms with Crippen LogP contribution in [0.25, 0.3) is 0 Å². The number of nitrogens with one attached hydrogen (secondary N) is 2. The monoisotopic (exact) mass is 295 g/mol. The summed E-state index contributed by atoms with van der Waals surface area (Å²) >= 11 is 0. The number of ether oxygens (including phenoxy) is 1. The summed E-state index contributed by atoms with van der Waals surface area (Å²) in [6.07, 6.45) is 5.81. The Morgan fingerprint density at radius 1 is 1.57 bits per heavy atom. The van der Waals surface area contributed by atoms with Crippen LogP contribution in [0.2, 0.25) is 0 Å². The molecule has 2 rings (SSSR count). The molecule has 0 radical (unpaired) electrons. The summed E-state index contributed by atoms with van der Waals surface area (Å²) in [5, 5.41) is 9.89. The highest BCUT2D eigenvalue weighted by molar-refractivity contribution is 5.88. The maximum Gasteiger partial charge on any atom is 0.319 e. The van der Waals surface area contributed by atoms with Crippen molar-refractivity contribution in [3.8, 4) is 0 Å². The summed E-state index contributed by atoms with van der Waals surface area (Å²) in [5.41, 5.74) is 0.697. The number of amides is 2. The Labute approximate surface area is 125 Å². The summed E-state index contributed by atoms with van der Waals surface area (Å²) in [4.78, 5) is 14.3. The molecule has 21 heavy (non-hydrogen) atoms. The minimum absolute atomic E-state index is 0.177. The van der Waals surface area contributed by atoms with Crippen LogP contribution in [0, 0.1) is 0 Å². The van der Waals surface area contributed by atoms with Gasteiger partial charge in [-0.25, -0.2) is 4.79 Å². The molecule has 1 fully saturated rings. The third-order valence-corrected chi connectivity index (χ3v) is 3.82. The second-order valence-electron chi connectivity index (χ2n) is 5.24. The van der Waals surface area contributed by atoms with E-state index in [1.165, 1.54) is 6.42 Å². The molecule has 0 aromatic carbocycles. The average molecular weight is 295 g/mol. The van der Waals surface area contributed by atoms with Gasteiger partial charge in [0.25, 0.3) is 0 Å². The number of likely N-dealkylation sites (N-methyl/N-ethyl adjacent to an activating group) is 1. The fraction of sp³-hybridized carbons (Fsp3) is 0.714. The largest absolute Gasteiger partial charge is 0.383 e. The first-order valence-electron chi connectivity index (χ1n) is 7.53. The molecule has 1 saturated heterocycles. The van der Waals surface area contributed by atoms with E-state index in [-0.39, 0.29) is 6.03 Å². The highest BCUT2D eigenvalue weighted by Crippen LogP contribution is 2.15. The standard InChI is InChI=1S/C14H25N5O2/c1-3-18-6-4-5-13(18)10-15-14(20)17-12-9-16-19(11-12)7-8-21-2/h9,11,13H,3-8,10H2,1-2H3,(H2,15,17,20). The van der Waals surface area contributed by atoms with Crippen LogP contribution in [0.4, 0.5) is 10.5 Å². The number of methoxy groups -OCH3 is 1. The molecule has 2 N–H and O–H groups in total. The van der Waals surface area contributed by atoms with Crippen molar-refractivity contribution in [1.29, 1.82) is 0 Å². The number of carbonyl (C=O) groups excluding carboxylic acids is 1. The molecule has 1 atom stereocenters. The first-order chi connectivity index (χ1) is 10.2. The highest BCUT2D eigenvalue weighted by Gasteiger charge is 2.23. The van der Waals surface area contributed by atoms with E-state index in [1.807, 2.05) is 0 Å². The van der Waals surface area contributed by atoms with Crippen LogP contribution in [0.1, 0.15) is 19.8 Å². The summed E-state index contributed by atoms with van der Waals surface area (Å²) < 4.78 is 6.73. The van der Waals surface area contributed by atoms with Gasteiger partial charge in [0.15, 0.2) is 0 Å².